The van der Waals surface area contributed by atoms with Gasteiger partial charge in [0, 0.05) is 12.0 Å². The number of rotatable bonds is 7. The second-order valence-corrected chi connectivity index (χ2v) is 4.17. The average molecular weight is 276 g/mol. The normalized spacial score (nSPS) is 10.3. The molecule has 2 rings (SSSR count). The highest BCUT2D eigenvalue weighted by Gasteiger charge is 2.10. The standard InChI is InChI=1S/C14H16N2O4/c1-3-4-13-15-14(20-16-13)9-19-12-7-10(8-17)5-6-11(12)18-2/h5-8H,3-4,9H2,1-2H3. The number of hydrogen-bond acceptors (Lipinski definition) is 6. The highest BCUT2D eigenvalue weighted by atomic mass is 16.5. The van der Waals surface area contributed by atoms with Crippen molar-refractivity contribution in [2.75, 3.05) is 7.11 Å². The Balaban J connectivity index is 2.06. The molecule has 0 amide bonds. The maximum Gasteiger partial charge on any atom is 0.264 e. The van der Waals surface area contributed by atoms with Crippen LogP contribution >= 0.6 is 0 Å². The van der Waals surface area contributed by atoms with Gasteiger partial charge in [-0.25, -0.2) is 0 Å². The lowest BCUT2D eigenvalue weighted by Gasteiger charge is -2.09. The van der Waals surface area contributed by atoms with E-state index in [0.29, 0.717) is 28.8 Å². The van der Waals surface area contributed by atoms with Gasteiger partial charge in [0.15, 0.2) is 23.9 Å². The van der Waals surface area contributed by atoms with Crippen molar-refractivity contribution < 1.29 is 18.8 Å². The molecule has 0 aliphatic carbocycles. The summed E-state index contributed by atoms with van der Waals surface area (Å²) in [7, 11) is 1.54. The van der Waals surface area contributed by atoms with E-state index < -0.39 is 0 Å². The molecule has 0 N–H and O–H groups in total. The molecule has 0 saturated heterocycles. The van der Waals surface area contributed by atoms with Gasteiger partial charge in [-0.05, 0) is 24.6 Å². The largest absolute Gasteiger partial charge is 0.493 e. The predicted molar refractivity (Wildman–Crippen MR) is 71.0 cm³/mol. The second kappa shape index (κ2) is 6.70. The van der Waals surface area contributed by atoms with Gasteiger partial charge in [-0.2, -0.15) is 4.98 Å². The molecular weight excluding hydrogens is 260 g/mol. The van der Waals surface area contributed by atoms with Gasteiger partial charge >= 0.3 is 0 Å². The fourth-order valence-corrected chi connectivity index (χ4v) is 1.69. The Bertz CT molecular complexity index is 580. The SMILES string of the molecule is CCCc1noc(COc2cc(C=O)ccc2OC)n1. The topological polar surface area (TPSA) is 74.5 Å². The van der Waals surface area contributed by atoms with E-state index in [9.17, 15) is 4.79 Å². The van der Waals surface area contributed by atoms with Crippen molar-refractivity contribution in [1.82, 2.24) is 10.1 Å². The minimum Gasteiger partial charge on any atom is -0.493 e. The van der Waals surface area contributed by atoms with Crippen LogP contribution in [0.4, 0.5) is 0 Å². The van der Waals surface area contributed by atoms with E-state index in [2.05, 4.69) is 10.1 Å². The molecule has 1 aromatic heterocycles. The van der Waals surface area contributed by atoms with Crippen molar-refractivity contribution in [2.45, 2.75) is 26.4 Å². The number of aldehydes is 1. The van der Waals surface area contributed by atoms with Crippen molar-refractivity contribution in [2.24, 2.45) is 0 Å². The third-order valence-electron chi connectivity index (χ3n) is 2.66. The van der Waals surface area contributed by atoms with Crippen molar-refractivity contribution >= 4 is 6.29 Å². The highest BCUT2D eigenvalue weighted by molar-refractivity contribution is 5.76. The van der Waals surface area contributed by atoms with Crippen LogP contribution in [0.2, 0.25) is 0 Å². The number of nitrogens with zero attached hydrogens (tertiary/aromatic N) is 2. The molecule has 20 heavy (non-hydrogen) atoms. The fraction of sp³-hybridized carbons (Fsp3) is 0.357. The number of aryl methyl sites for hydroxylation is 1. The third-order valence-corrected chi connectivity index (χ3v) is 2.66. The van der Waals surface area contributed by atoms with E-state index in [1.165, 1.54) is 7.11 Å². The van der Waals surface area contributed by atoms with E-state index in [0.717, 1.165) is 19.1 Å². The Kier molecular flexibility index (Phi) is 4.70. The van der Waals surface area contributed by atoms with E-state index in [1.54, 1.807) is 18.2 Å². The summed E-state index contributed by atoms with van der Waals surface area (Å²) in [5.74, 6) is 2.07. The van der Waals surface area contributed by atoms with E-state index in [4.69, 9.17) is 14.0 Å². The molecule has 0 bridgehead atoms. The molecule has 0 fully saturated rings. The molecule has 6 nitrogen and oxygen atoms in total. The van der Waals surface area contributed by atoms with Crippen LogP contribution in [0.15, 0.2) is 22.7 Å². The molecule has 1 aromatic carbocycles. The average Bonchev–Trinajstić information content (AvgIpc) is 2.93. The Hall–Kier alpha value is -2.37. The number of aromatic nitrogens is 2. The predicted octanol–water partition coefficient (Wildman–Crippen LogP) is 2.42. The van der Waals surface area contributed by atoms with Gasteiger partial charge in [-0.1, -0.05) is 12.1 Å². The van der Waals surface area contributed by atoms with Gasteiger partial charge in [-0.15, -0.1) is 0 Å². The molecule has 0 atom stereocenters. The quantitative estimate of drug-likeness (QED) is 0.723. The Morgan fingerprint density at radius 3 is 2.90 bits per heavy atom. The Labute approximate surface area is 116 Å². The maximum atomic E-state index is 10.8. The molecule has 106 valence electrons. The minimum atomic E-state index is 0.134. The van der Waals surface area contributed by atoms with Gasteiger partial charge in [0.25, 0.3) is 5.89 Å². The number of benzene rings is 1. The molecule has 0 radical (unpaired) electrons. The molecule has 0 aliphatic heterocycles. The molecular formula is C14H16N2O4. The maximum absolute atomic E-state index is 10.8. The van der Waals surface area contributed by atoms with E-state index in [1.807, 2.05) is 6.92 Å². The first-order valence-corrected chi connectivity index (χ1v) is 6.34. The Morgan fingerprint density at radius 1 is 1.35 bits per heavy atom. The van der Waals surface area contributed by atoms with Gasteiger partial charge in [0.1, 0.15) is 6.29 Å². The smallest absolute Gasteiger partial charge is 0.264 e. The summed E-state index contributed by atoms with van der Waals surface area (Å²) < 4.78 is 15.8. The molecule has 0 aliphatic rings. The zero-order valence-electron chi connectivity index (χ0n) is 11.5. The van der Waals surface area contributed by atoms with Gasteiger partial charge in [0.05, 0.1) is 7.11 Å². The zero-order valence-corrected chi connectivity index (χ0v) is 11.5. The van der Waals surface area contributed by atoms with Crippen molar-refractivity contribution in [3.05, 3.63) is 35.5 Å². The first-order chi connectivity index (χ1) is 9.76. The number of carbonyl (C=O) groups excluding carboxylic acids is 1. The molecule has 0 saturated carbocycles. The summed E-state index contributed by atoms with van der Waals surface area (Å²) in [6, 6.07) is 4.94. The summed E-state index contributed by atoms with van der Waals surface area (Å²) in [4.78, 5) is 15.0. The number of ether oxygens (including phenoxy) is 2. The monoisotopic (exact) mass is 276 g/mol. The van der Waals surface area contributed by atoms with Gasteiger partial charge in [0.2, 0.25) is 0 Å². The van der Waals surface area contributed by atoms with Crippen molar-refractivity contribution in [1.29, 1.82) is 0 Å². The van der Waals surface area contributed by atoms with Crippen LogP contribution in [0, 0.1) is 0 Å². The summed E-state index contributed by atoms with van der Waals surface area (Å²) in [5, 5.41) is 3.84. The number of hydrogen-bond donors (Lipinski definition) is 0. The number of carbonyl (C=O) groups is 1. The summed E-state index contributed by atoms with van der Waals surface area (Å²) in [6.45, 7) is 2.18. The lowest BCUT2D eigenvalue weighted by Crippen LogP contribution is -1.99. The summed E-state index contributed by atoms with van der Waals surface area (Å²) in [6.07, 6.45) is 2.47. The second-order valence-electron chi connectivity index (χ2n) is 4.17. The van der Waals surface area contributed by atoms with Crippen LogP contribution in [0.25, 0.3) is 0 Å². The van der Waals surface area contributed by atoms with Crippen LogP contribution in [-0.2, 0) is 13.0 Å². The van der Waals surface area contributed by atoms with Crippen molar-refractivity contribution in [3.8, 4) is 11.5 Å². The molecule has 2 aromatic rings. The lowest BCUT2D eigenvalue weighted by molar-refractivity contribution is 0.112. The fourth-order valence-electron chi connectivity index (χ4n) is 1.69. The van der Waals surface area contributed by atoms with Crippen LogP contribution in [0.5, 0.6) is 11.5 Å². The lowest BCUT2D eigenvalue weighted by atomic mass is 10.2. The summed E-state index contributed by atoms with van der Waals surface area (Å²) in [5.41, 5.74) is 0.512. The first kappa shape index (κ1) is 14.0. The van der Waals surface area contributed by atoms with Crippen LogP contribution in [0.1, 0.15) is 35.4 Å². The molecule has 0 unspecified atom stereocenters. The van der Waals surface area contributed by atoms with Crippen LogP contribution in [-0.4, -0.2) is 23.5 Å². The van der Waals surface area contributed by atoms with Crippen LogP contribution in [0.3, 0.4) is 0 Å². The van der Waals surface area contributed by atoms with E-state index in [-0.39, 0.29) is 6.61 Å². The van der Waals surface area contributed by atoms with Gasteiger partial charge in [-0.3, -0.25) is 4.79 Å². The third kappa shape index (κ3) is 3.34. The van der Waals surface area contributed by atoms with Crippen molar-refractivity contribution in [3.63, 3.8) is 0 Å². The Morgan fingerprint density at radius 2 is 2.20 bits per heavy atom. The zero-order chi connectivity index (χ0) is 14.4. The summed E-state index contributed by atoms with van der Waals surface area (Å²) >= 11 is 0. The molecule has 1 heterocycles. The molecule has 0 spiro atoms. The molecule has 6 heteroatoms. The first-order valence-electron chi connectivity index (χ1n) is 6.34. The highest BCUT2D eigenvalue weighted by Crippen LogP contribution is 2.28. The number of methoxy groups -OCH3 is 1. The van der Waals surface area contributed by atoms with Crippen LogP contribution < -0.4 is 9.47 Å². The minimum absolute atomic E-state index is 0.134. The van der Waals surface area contributed by atoms with Gasteiger partial charge < -0.3 is 14.0 Å². The van der Waals surface area contributed by atoms with E-state index >= 15 is 0 Å².